The minimum absolute atomic E-state index is 0.0980. The molecule has 1 N–H and O–H groups in total. The summed E-state index contributed by atoms with van der Waals surface area (Å²) in [5.41, 5.74) is 0.965. The lowest BCUT2D eigenvalue weighted by Gasteiger charge is -1.96. The zero-order valence-corrected chi connectivity index (χ0v) is 10.1. The Morgan fingerprint density at radius 2 is 1.21 bits per heavy atom. The van der Waals surface area contributed by atoms with Gasteiger partial charge in [-0.05, 0) is 36.4 Å². The normalized spacial score (nSPS) is 10.5. The molecule has 0 saturated heterocycles. The molecule has 3 heteroatoms. The Morgan fingerprint density at radius 1 is 0.737 bits per heavy atom. The van der Waals surface area contributed by atoms with Gasteiger partial charge in [0.25, 0.3) is 0 Å². The zero-order chi connectivity index (χ0) is 13.7. The van der Waals surface area contributed by atoms with Crippen molar-refractivity contribution in [2.24, 2.45) is 0 Å². The maximum Gasteiger partial charge on any atom is 0.185 e. The second kappa shape index (κ2) is 5.78. The highest BCUT2D eigenvalue weighted by molar-refractivity contribution is 6.11. The van der Waals surface area contributed by atoms with Gasteiger partial charge in [-0.15, -0.1) is 0 Å². The first kappa shape index (κ1) is 12.8. The van der Waals surface area contributed by atoms with Crippen molar-refractivity contribution in [3.05, 3.63) is 77.9 Å². The monoisotopic (exact) mass is 252 g/mol. The lowest BCUT2D eigenvalue weighted by molar-refractivity contribution is 0.102. The average Bonchev–Trinajstić information content (AvgIpc) is 2.46. The first-order valence-corrected chi connectivity index (χ1v) is 5.77. The second-order valence-electron chi connectivity index (χ2n) is 3.97. The molecule has 2 aromatic rings. The molecule has 0 bridgehead atoms. The van der Waals surface area contributed by atoms with Crippen LogP contribution in [0.2, 0.25) is 0 Å². The summed E-state index contributed by atoms with van der Waals surface area (Å²) >= 11 is 0. The van der Waals surface area contributed by atoms with Crippen LogP contribution in [0.5, 0.6) is 5.75 Å². The number of phenols is 1. The number of allylic oxidation sites excluding steroid dienone is 2. The van der Waals surface area contributed by atoms with Crippen molar-refractivity contribution in [1.82, 2.24) is 0 Å². The van der Waals surface area contributed by atoms with Crippen molar-refractivity contribution in [2.75, 3.05) is 0 Å². The van der Waals surface area contributed by atoms with Crippen LogP contribution in [0.15, 0.2) is 66.7 Å². The Labute approximate surface area is 110 Å². The number of phenolic OH excluding ortho intramolecular Hbond substituents is 1. The van der Waals surface area contributed by atoms with Gasteiger partial charge in [-0.3, -0.25) is 9.59 Å². The number of ketones is 2. The predicted molar refractivity (Wildman–Crippen MR) is 72.3 cm³/mol. The Kier molecular flexibility index (Phi) is 3.88. The number of carbonyl (C=O) groups is 2. The number of aromatic hydroxyl groups is 1. The van der Waals surface area contributed by atoms with Gasteiger partial charge < -0.3 is 5.11 Å². The van der Waals surface area contributed by atoms with Crippen LogP contribution >= 0.6 is 0 Å². The van der Waals surface area contributed by atoms with Crippen molar-refractivity contribution in [1.29, 1.82) is 0 Å². The van der Waals surface area contributed by atoms with Gasteiger partial charge in [0.05, 0.1) is 0 Å². The van der Waals surface area contributed by atoms with Crippen molar-refractivity contribution in [3.63, 3.8) is 0 Å². The maximum atomic E-state index is 11.8. The van der Waals surface area contributed by atoms with Crippen LogP contribution in [0.25, 0.3) is 0 Å². The van der Waals surface area contributed by atoms with Crippen LogP contribution in [0.3, 0.4) is 0 Å². The molecule has 0 aliphatic rings. The summed E-state index contributed by atoms with van der Waals surface area (Å²) < 4.78 is 0. The van der Waals surface area contributed by atoms with Gasteiger partial charge in [0.2, 0.25) is 0 Å². The molecule has 0 radical (unpaired) electrons. The Balaban J connectivity index is 2.09. The third kappa shape index (κ3) is 3.39. The highest BCUT2D eigenvalue weighted by Crippen LogP contribution is 2.10. The van der Waals surface area contributed by atoms with E-state index in [9.17, 15) is 9.59 Å². The van der Waals surface area contributed by atoms with E-state index in [0.29, 0.717) is 11.1 Å². The van der Waals surface area contributed by atoms with E-state index in [1.54, 1.807) is 24.3 Å². The molecular weight excluding hydrogens is 240 g/mol. The van der Waals surface area contributed by atoms with E-state index in [0.717, 1.165) is 0 Å². The Hall–Kier alpha value is -2.68. The minimum Gasteiger partial charge on any atom is -0.508 e. The molecule has 0 amide bonds. The molecule has 0 aliphatic heterocycles. The largest absolute Gasteiger partial charge is 0.508 e. The third-order valence-corrected chi connectivity index (χ3v) is 2.60. The summed E-state index contributed by atoms with van der Waals surface area (Å²) in [6, 6.07) is 14.6. The van der Waals surface area contributed by atoms with Crippen LogP contribution < -0.4 is 0 Å². The first-order valence-electron chi connectivity index (χ1n) is 5.77. The van der Waals surface area contributed by atoms with E-state index < -0.39 is 0 Å². The van der Waals surface area contributed by atoms with Crippen molar-refractivity contribution >= 4 is 11.6 Å². The van der Waals surface area contributed by atoms with Crippen LogP contribution in [-0.4, -0.2) is 16.7 Å². The highest BCUT2D eigenvalue weighted by atomic mass is 16.3. The molecule has 2 aromatic carbocycles. The quantitative estimate of drug-likeness (QED) is 0.672. The fourth-order valence-electron chi connectivity index (χ4n) is 1.57. The molecule has 0 atom stereocenters. The molecular formula is C16H12O3. The van der Waals surface area contributed by atoms with Gasteiger partial charge in [-0.1, -0.05) is 30.3 Å². The van der Waals surface area contributed by atoms with Gasteiger partial charge in [0, 0.05) is 11.1 Å². The maximum absolute atomic E-state index is 11.8. The fraction of sp³-hybridized carbons (Fsp3) is 0. The summed E-state index contributed by atoms with van der Waals surface area (Å²) in [6.07, 6.45) is 2.49. The van der Waals surface area contributed by atoms with E-state index >= 15 is 0 Å². The summed E-state index contributed by atoms with van der Waals surface area (Å²) in [5, 5.41) is 9.12. The van der Waals surface area contributed by atoms with Crippen LogP contribution in [-0.2, 0) is 0 Å². The van der Waals surface area contributed by atoms with Crippen LogP contribution in [0.4, 0.5) is 0 Å². The van der Waals surface area contributed by atoms with E-state index in [-0.39, 0.29) is 17.3 Å². The number of benzene rings is 2. The lowest BCUT2D eigenvalue weighted by atomic mass is 10.1. The third-order valence-electron chi connectivity index (χ3n) is 2.60. The number of hydrogen-bond donors (Lipinski definition) is 1. The standard InChI is InChI=1S/C16H12O3/c17-14-8-6-13(7-9-14)16(19)11-10-15(18)12-4-2-1-3-5-12/h1-11,17H. The smallest absolute Gasteiger partial charge is 0.185 e. The summed E-state index contributed by atoms with van der Waals surface area (Å²) in [4.78, 5) is 23.5. The highest BCUT2D eigenvalue weighted by Gasteiger charge is 2.04. The van der Waals surface area contributed by atoms with Gasteiger partial charge in [-0.25, -0.2) is 0 Å². The van der Waals surface area contributed by atoms with E-state index in [1.165, 1.54) is 36.4 Å². The molecule has 3 nitrogen and oxygen atoms in total. The van der Waals surface area contributed by atoms with Gasteiger partial charge >= 0.3 is 0 Å². The minimum atomic E-state index is -0.274. The SMILES string of the molecule is O=C(C=CC(=O)c1ccc(O)cc1)c1ccccc1. The Bertz CT molecular complexity index is 610. The summed E-state index contributed by atoms with van der Waals surface area (Å²) in [7, 11) is 0. The molecule has 0 heterocycles. The van der Waals surface area contributed by atoms with Crippen molar-refractivity contribution < 1.29 is 14.7 Å². The zero-order valence-electron chi connectivity index (χ0n) is 10.1. The molecule has 0 aliphatic carbocycles. The molecule has 19 heavy (non-hydrogen) atoms. The fourth-order valence-corrected chi connectivity index (χ4v) is 1.57. The first-order chi connectivity index (χ1) is 9.16. The summed E-state index contributed by atoms with van der Waals surface area (Å²) in [6.45, 7) is 0. The second-order valence-corrected chi connectivity index (χ2v) is 3.97. The van der Waals surface area contributed by atoms with E-state index in [1.807, 2.05) is 6.07 Å². The van der Waals surface area contributed by atoms with Gasteiger partial charge in [0.15, 0.2) is 11.6 Å². The molecule has 0 unspecified atom stereocenters. The van der Waals surface area contributed by atoms with Crippen LogP contribution in [0.1, 0.15) is 20.7 Å². The molecule has 0 fully saturated rings. The molecule has 0 spiro atoms. The molecule has 94 valence electrons. The number of carbonyl (C=O) groups excluding carboxylic acids is 2. The van der Waals surface area contributed by atoms with Crippen molar-refractivity contribution in [2.45, 2.75) is 0 Å². The average molecular weight is 252 g/mol. The molecule has 2 rings (SSSR count). The summed E-state index contributed by atoms with van der Waals surface area (Å²) in [5.74, 6) is -0.391. The van der Waals surface area contributed by atoms with Gasteiger partial charge in [0.1, 0.15) is 5.75 Å². The van der Waals surface area contributed by atoms with E-state index in [4.69, 9.17) is 5.11 Å². The Morgan fingerprint density at radius 3 is 1.74 bits per heavy atom. The molecule has 0 saturated carbocycles. The lowest BCUT2D eigenvalue weighted by Crippen LogP contribution is -1.98. The number of rotatable bonds is 4. The van der Waals surface area contributed by atoms with E-state index in [2.05, 4.69) is 0 Å². The topological polar surface area (TPSA) is 54.4 Å². The van der Waals surface area contributed by atoms with Crippen LogP contribution in [0, 0.1) is 0 Å². The molecule has 0 aromatic heterocycles. The van der Waals surface area contributed by atoms with Crippen molar-refractivity contribution in [3.8, 4) is 5.75 Å². The van der Waals surface area contributed by atoms with Gasteiger partial charge in [-0.2, -0.15) is 0 Å². The number of hydrogen-bond acceptors (Lipinski definition) is 3. The predicted octanol–water partition coefficient (Wildman–Crippen LogP) is 3.01.